The van der Waals surface area contributed by atoms with Crippen molar-refractivity contribution in [3.63, 3.8) is 0 Å². The molecule has 1 aliphatic rings. The van der Waals surface area contributed by atoms with Crippen LogP contribution in [0.3, 0.4) is 0 Å². The number of carbonyl (C=O) groups is 1. The molecule has 0 aliphatic carbocycles. The van der Waals surface area contributed by atoms with Gasteiger partial charge in [0, 0.05) is 19.0 Å². The number of amides is 1. The van der Waals surface area contributed by atoms with Crippen LogP contribution in [0.4, 0.5) is 4.79 Å². The Labute approximate surface area is 132 Å². The highest BCUT2D eigenvalue weighted by atomic mass is 16.6. The Morgan fingerprint density at radius 2 is 1.95 bits per heavy atom. The molecule has 4 nitrogen and oxygen atoms in total. The zero-order chi connectivity index (χ0) is 16.2. The van der Waals surface area contributed by atoms with Gasteiger partial charge in [0.2, 0.25) is 0 Å². The largest absolute Gasteiger partial charge is 0.501 e. The maximum absolute atomic E-state index is 12.4. The fourth-order valence-corrected chi connectivity index (χ4v) is 2.55. The third-order valence-corrected chi connectivity index (χ3v) is 3.60. The molecule has 120 valence electrons. The summed E-state index contributed by atoms with van der Waals surface area (Å²) in [6.45, 7) is 6.18. The van der Waals surface area contributed by atoms with Gasteiger partial charge in [-0.25, -0.2) is 4.79 Å². The van der Waals surface area contributed by atoms with E-state index >= 15 is 0 Å². The number of rotatable bonds is 3. The van der Waals surface area contributed by atoms with E-state index in [2.05, 4.69) is 12.1 Å². The number of hydrogen-bond donors (Lipinski definition) is 0. The molecule has 0 bridgehead atoms. The van der Waals surface area contributed by atoms with Crippen LogP contribution in [0.25, 0.3) is 0 Å². The van der Waals surface area contributed by atoms with Gasteiger partial charge in [0.25, 0.3) is 0 Å². The minimum atomic E-state index is -0.486. The predicted octanol–water partition coefficient (Wildman–Crippen LogP) is 3.77. The van der Waals surface area contributed by atoms with Gasteiger partial charge in [-0.05, 0) is 38.8 Å². The molecule has 0 fully saturated rings. The standard InChI is InChI=1S/C18H25NO3/c1-18(2,3)22-17(20)19-11-10-16(21-4)13-15(19)12-14-8-6-5-7-9-14/h5-10,15H,11-13H2,1-4H3/t15-/m1/s1. The summed E-state index contributed by atoms with van der Waals surface area (Å²) >= 11 is 0. The van der Waals surface area contributed by atoms with E-state index in [-0.39, 0.29) is 12.1 Å². The molecule has 0 radical (unpaired) electrons. The van der Waals surface area contributed by atoms with Gasteiger partial charge in [-0.2, -0.15) is 0 Å². The van der Waals surface area contributed by atoms with Crippen molar-refractivity contribution in [2.75, 3.05) is 13.7 Å². The van der Waals surface area contributed by atoms with Gasteiger partial charge in [0.1, 0.15) is 5.60 Å². The summed E-state index contributed by atoms with van der Waals surface area (Å²) in [5.74, 6) is 0.931. The first kappa shape index (κ1) is 16.4. The summed E-state index contributed by atoms with van der Waals surface area (Å²) in [7, 11) is 1.68. The van der Waals surface area contributed by atoms with E-state index < -0.39 is 5.60 Å². The number of benzene rings is 1. The number of hydrogen-bond acceptors (Lipinski definition) is 3. The molecular formula is C18H25NO3. The first-order valence-electron chi connectivity index (χ1n) is 7.65. The van der Waals surface area contributed by atoms with Gasteiger partial charge in [0.15, 0.2) is 0 Å². The first-order valence-corrected chi connectivity index (χ1v) is 7.65. The minimum Gasteiger partial charge on any atom is -0.501 e. The van der Waals surface area contributed by atoms with Gasteiger partial charge < -0.3 is 14.4 Å². The quantitative estimate of drug-likeness (QED) is 0.853. The Balaban J connectivity index is 2.14. The molecule has 1 amide bonds. The topological polar surface area (TPSA) is 38.8 Å². The molecule has 0 N–H and O–H groups in total. The zero-order valence-electron chi connectivity index (χ0n) is 13.8. The summed E-state index contributed by atoms with van der Waals surface area (Å²) in [6, 6.07) is 10.2. The molecule has 0 saturated heterocycles. The molecule has 0 spiro atoms. The van der Waals surface area contributed by atoms with E-state index in [9.17, 15) is 4.79 Å². The molecular weight excluding hydrogens is 278 g/mol. The summed E-state index contributed by atoms with van der Waals surface area (Å²) in [6.07, 6.45) is 3.19. The number of nitrogens with zero attached hydrogens (tertiary/aromatic N) is 1. The smallest absolute Gasteiger partial charge is 0.410 e. The predicted molar refractivity (Wildman–Crippen MR) is 86.6 cm³/mol. The molecule has 0 saturated carbocycles. The zero-order valence-corrected chi connectivity index (χ0v) is 13.8. The van der Waals surface area contributed by atoms with Gasteiger partial charge >= 0.3 is 6.09 Å². The van der Waals surface area contributed by atoms with Crippen LogP contribution in [-0.2, 0) is 15.9 Å². The number of ether oxygens (including phenoxy) is 2. The summed E-state index contributed by atoms with van der Waals surface area (Å²) in [4.78, 5) is 14.2. The van der Waals surface area contributed by atoms with E-state index in [4.69, 9.17) is 9.47 Å². The number of methoxy groups -OCH3 is 1. The van der Waals surface area contributed by atoms with Crippen LogP contribution in [0.1, 0.15) is 32.8 Å². The maximum atomic E-state index is 12.4. The van der Waals surface area contributed by atoms with E-state index in [0.717, 1.165) is 12.2 Å². The van der Waals surface area contributed by atoms with Crippen molar-refractivity contribution < 1.29 is 14.3 Å². The molecule has 1 aromatic rings. The lowest BCUT2D eigenvalue weighted by Gasteiger charge is -2.36. The Kier molecular flexibility index (Phi) is 5.11. The fraction of sp³-hybridized carbons (Fsp3) is 0.500. The van der Waals surface area contributed by atoms with Crippen molar-refractivity contribution in [2.24, 2.45) is 0 Å². The van der Waals surface area contributed by atoms with E-state index in [1.165, 1.54) is 5.56 Å². The maximum Gasteiger partial charge on any atom is 0.410 e. The molecule has 1 heterocycles. The molecule has 1 aromatic carbocycles. The lowest BCUT2D eigenvalue weighted by Crippen LogP contribution is -2.46. The van der Waals surface area contributed by atoms with Gasteiger partial charge in [-0.15, -0.1) is 0 Å². The number of carbonyl (C=O) groups excluding carboxylic acids is 1. The Hall–Kier alpha value is -1.97. The van der Waals surface area contributed by atoms with Crippen molar-refractivity contribution in [2.45, 2.75) is 45.3 Å². The average molecular weight is 303 g/mol. The van der Waals surface area contributed by atoms with Crippen LogP contribution in [0.5, 0.6) is 0 Å². The summed E-state index contributed by atoms with van der Waals surface area (Å²) in [5, 5.41) is 0. The van der Waals surface area contributed by atoms with Crippen molar-refractivity contribution in [3.8, 4) is 0 Å². The molecule has 1 atom stereocenters. The highest BCUT2D eigenvalue weighted by Gasteiger charge is 2.31. The van der Waals surface area contributed by atoms with Gasteiger partial charge in [-0.3, -0.25) is 0 Å². The van der Waals surface area contributed by atoms with Gasteiger partial charge in [-0.1, -0.05) is 30.3 Å². The molecule has 2 rings (SSSR count). The normalized spacial score (nSPS) is 18.6. The summed E-state index contributed by atoms with van der Waals surface area (Å²) < 4.78 is 10.9. The summed E-state index contributed by atoms with van der Waals surface area (Å²) in [5.41, 5.74) is 0.720. The Morgan fingerprint density at radius 3 is 2.55 bits per heavy atom. The minimum absolute atomic E-state index is 0.0530. The SMILES string of the molecule is COC1=CCN(C(=O)OC(C)(C)C)[C@H](Cc2ccccc2)C1. The monoisotopic (exact) mass is 303 g/mol. The highest BCUT2D eigenvalue weighted by Crippen LogP contribution is 2.24. The van der Waals surface area contributed by atoms with Crippen molar-refractivity contribution in [1.29, 1.82) is 0 Å². The third-order valence-electron chi connectivity index (χ3n) is 3.60. The Bertz CT molecular complexity index is 531. The van der Waals surface area contributed by atoms with Crippen LogP contribution in [0.15, 0.2) is 42.2 Å². The second-order valence-electron chi connectivity index (χ2n) is 6.55. The molecule has 4 heteroatoms. The van der Waals surface area contributed by atoms with E-state index in [0.29, 0.717) is 13.0 Å². The van der Waals surface area contributed by atoms with E-state index in [1.54, 1.807) is 12.0 Å². The van der Waals surface area contributed by atoms with Crippen molar-refractivity contribution in [1.82, 2.24) is 4.90 Å². The molecule has 0 aromatic heterocycles. The average Bonchev–Trinajstić information content (AvgIpc) is 2.46. The lowest BCUT2D eigenvalue weighted by molar-refractivity contribution is 0.0153. The van der Waals surface area contributed by atoms with Crippen LogP contribution in [-0.4, -0.2) is 36.3 Å². The first-order chi connectivity index (χ1) is 10.4. The van der Waals surface area contributed by atoms with Crippen LogP contribution in [0.2, 0.25) is 0 Å². The van der Waals surface area contributed by atoms with Crippen molar-refractivity contribution in [3.05, 3.63) is 47.7 Å². The molecule has 0 unspecified atom stereocenters. The van der Waals surface area contributed by atoms with Crippen LogP contribution >= 0.6 is 0 Å². The van der Waals surface area contributed by atoms with Crippen molar-refractivity contribution >= 4 is 6.09 Å². The highest BCUT2D eigenvalue weighted by molar-refractivity contribution is 5.69. The second kappa shape index (κ2) is 6.86. The van der Waals surface area contributed by atoms with Gasteiger partial charge in [0.05, 0.1) is 12.9 Å². The van der Waals surface area contributed by atoms with Crippen LogP contribution in [0, 0.1) is 0 Å². The molecule has 1 aliphatic heterocycles. The van der Waals surface area contributed by atoms with E-state index in [1.807, 2.05) is 45.0 Å². The fourth-order valence-electron chi connectivity index (χ4n) is 2.55. The Morgan fingerprint density at radius 1 is 1.27 bits per heavy atom. The second-order valence-corrected chi connectivity index (χ2v) is 6.55. The van der Waals surface area contributed by atoms with Crippen LogP contribution < -0.4 is 0 Å². The molecule has 22 heavy (non-hydrogen) atoms. The lowest BCUT2D eigenvalue weighted by atomic mass is 9.98. The third kappa shape index (κ3) is 4.52.